The lowest BCUT2D eigenvalue weighted by atomic mass is 10.1. The number of hydrazine groups is 1. The maximum absolute atomic E-state index is 12.9. The number of anilines is 1. The van der Waals surface area contributed by atoms with Crippen LogP contribution in [-0.4, -0.2) is 46.4 Å². The number of benzene rings is 1. The Labute approximate surface area is 168 Å². The van der Waals surface area contributed by atoms with Crippen molar-refractivity contribution >= 4 is 33.0 Å². The summed E-state index contributed by atoms with van der Waals surface area (Å²) in [7, 11) is -3.77. The molecule has 0 radical (unpaired) electrons. The molecule has 9 nitrogen and oxygen atoms in total. The van der Waals surface area contributed by atoms with Gasteiger partial charge in [0.25, 0.3) is 10.0 Å². The van der Waals surface area contributed by atoms with Crippen molar-refractivity contribution in [2.75, 3.05) is 18.5 Å². The molecule has 1 aromatic carbocycles. The van der Waals surface area contributed by atoms with E-state index in [1.54, 1.807) is 35.2 Å². The van der Waals surface area contributed by atoms with Crippen molar-refractivity contribution in [2.45, 2.75) is 31.1 Å². The topological polar surface area (TPSA) is 109 Å². The van der Waals surface area contributed by atoms with E-state index in [9.17, 15) is 13.2 Å². The summed E-state index contributed by atoms with van der Waals surface area (Å²) in [6.45, 7) is 3.36. The third kappa shape index (κ3) is 3.88. The van der Waals surface area contributed by atoms with E-state index in [-0.39, 0.29) is 16.6 Å². The standard InChI is InChI=1S/C19H22N6O3S/c1-14-5-7-15(8-6-14)29(27,28)25-12-9-16-18(25)20-13-17(21-16)22-23-19(26)24-10-3-2-4-11-24/h5-9,12-13H,2-4,10-11H2,1H3,(H,21,22)(H,23,26). The van der Waals surface area contributed by atoms with Crippen LogP contribution in [0.3, 0.4) is 0 Å². The summed E-state index contributed by atoms with van der Waals surface area (Å²) >= 11 is 0. The van der Waals surface area contributed by atoms with Crippen LogP contribution in [0.15, 0.2) is 47.6 Å². The Bertz CT molecular complexity index is 1130. The van der Waals surface area contributed by atoms with Crippen LogP contribution in [0.1, 0.15) is 24.8 Å². The van der Waals surface area contributed by atoms with E-state index in [0.29, 0.717) is 11.3 Å². The van der Waals surface area contributed by atoms with Crippen molar-refractivity contribution in [1.29, 1.82) is 0 Å². The molecule has 0 spiro atoms. The fourth-order valence-electron chi connectivity index (χ4n) is 3.26. The van der Waals surface area contributed by atoms with E-state index in [0.717, 1.165) is 41.9 Å². The number of hydrogen-bond acceptors (Lipinski definition) is 6. The molecule has 10 heteroatoms. The number of amides is 2. The summed E-state index contributed by atoms with van der Waals surface area (Å²) in [5.41, 5.74) is 6.95. The first-order valence-corrected chi connectivity index (χ1v) is 10.9. The Morgan fingerprint density at radius 3 is 2.52 bits per heavy atom. The van der Waals surface area contributed by atoms with E-state index < -0.39 is 10.0 Å². The molecule has 3 heterocycles. The zero-order valence-electron chi connectivity index (χ0n) is 16.0. The number of aryl methyl sites for hydroxylation is 1. The molecule has 2 N–H and O–H groups in total. The molecule has 2 amide bonds. The van der Waals surface area contributed by atoms with Crippen LogP contribution in [-0.2, 0) is 10.0 Å². The third-order valence-corrected chi connectivity index (χ3v) is 6.55. The molecule has 0 saturated carbocycles. The summed E-state index contributed by atoms with van der Waals surface area (Å²) in [5.74, 6) is 0.327. The molecule has 1 fully saturated rings. The highest BCUT2D eigenvalue weighted by atomic mass is 32.2. The van der Waals surface area contributed by atoms with Gasteiger partial charge in [0, 0.05) is 19.3 Å². The van der Waals surface area contributed by atoms with E-state index in [1.807, 2.05) is 6.92 Å². The number of aromatic nitrogens is 3. The van der Waals surface area contributed by atoms with Gasteiger partial charge in [0.2, 0.25) is 0 Å². The molecule has 29 heavy (non-hydrogen) atoms. The average Bonchev–Trinajstić information content (AvgIpc) is 3.17. The fraction of sp³-hybridized carbons (Fsp3) is 0.316. The van der Waals surface area contributed by atoms with Gasteiger partial charge in [-0.05, 0) is 44.4 Å². The lowest BCUT2D eigenvalue weighted by Crippen LogP contribution is -2.45. The highest BCUT2D eigenvalue weighted by molar-refractivity contribution is 7.90. The summed E-state index contributed by atoms with van der Waals surface area (Å²) in [5, 5.41) is 0. The van der Waals surface area contributed by atoms with Gasteiger partial charge < -0.3 is 4.90 Å². The highest BCUT2D eigenvalue weighted by Crippen LogP contribution is 2.21. The number of likely N-dealkylation sites (tertiary alicyclic amines) is 1. The summed E-state index contributed by atoms with van der Waals surface area (Å²) < 4.78 is 26.9. The third-order valence-electron chi connectivity index (χ3n) is 4.87. The first-order chi connectivity index (χ1) is 13.9. The van der Waals surface area contributed by atoms with Gasteiger partial charge in [0.15, 0.2) is 11.5 Å². The quantitative estimate of drug-likeness (QED) is 0.635. The molecular formula is C19H22N6O3S. The van der Waals surface area contributed by atoms with Gasteiger partial charge in [-0.2, -0.15) is 0 Å². The molecule has 0 aliphatic carbocycles. The number of nitrogens with one attached hydrogen (secondary N) is 2. The summed E-state index contributed by atoms with van der Waals surface area (Å²) in [6.07, 6.45) is 5.96. The van der Waals surface area contributed by atoms with Crippen LogP contribution in [0.25, 0.3) is 11.2 Å². The number of nitrogens with zero attached hydrogens (tertiary/aromatic N) is 4. The molecule has 1 aliphatic heterocycles. The molecule has 3 aromatic rings. The highest BCUT2D eigenvalue weighted by Gasteiger charge is 2.20. The zero-order chi connectivity index (χ0) is 20.4. The minimum absolute atomic E-state index is 0.179. The smallest absolute Gasteiger partial charge is 0.323 e. The Balaban J connectivity index is 1.53. The molecular weight excluding hydrogens is 392 g/mol. The fourth-order valence-corrected chi connectivity index (χ4v) is 4.56. The minimum Gasteiger partial charge on any atom is -0.323 e. The first kappa shape index (κ1) is 19.2. The number of piperidine rings is 1. The van der Waals surface area contributed by atoms with Crippen molar-refractivity contribution in [2.24, 2.45) is 0 Å². The number of hydrogen-bond donors (Lipinski definition) is 2. The second kappa shape index (κ2) is 7.70. The van der Waals surface area contributed by atoms with Gasteiger partial charge in [-0.25, -0.2) is 27.2 Å². The van der Waals surface area contributed by atoms with Crippen molar-refractivity contribution in [3.63, 3.8) is 0 Å². The zero-order valence-corrected chi connectivity index (χ0v) is 16.8. The monoisotopic (exact) mass is 414 g/mol. The van der Waals surface area contributed by atoms with E-state index in [2.05, 4.69) is 20.8 Å². The Morgan fingerprint density at radius 1 is 1.07 bits per heavy atom. The van der Waals surface area contributed by atoms with Crippen molar-refractivity contribution in [1.82, 2.24) is 24.3 Å². The Kier molecular flexibility index (Phi) is 5.10. The van der Waals surface area contributed by atoms with Gasteiger partial charge >= 0.3 is 6.03 Å². The van der Waals surface area contributed by atoms with Crippen LogP contribution >= 0.6 is 0 Å². The van der Waals surface area contributed by atoms with Crippen molar-refractivity contribution < 1.29 is 13.2 Å². The molecule has 0 unspecified atom stereocenters. The largest absolute Gasteiger partial charge is 0.336 e. The molecule has 4 rings (SSSR count). The normalized spacial score (nSPS) is 14.7. The maximum Gasteiger partial charge on any atom is 0.336 e. The van der Waals surface area contributed by atoms with Crippen molar-refractivity contribution in [3.8, 4) is 0 Å². The Hall–Kier alpha value is -3.14. The number of urea groups is 1. The molecule has 0 bridgehead atoms. The average molecular weight is 414 g/mol. The number of fused-ring (bicyclic) bond motifs is 1. The van der Waals surface area contributed by atoms with Crippen molar-refractivity contribution in [3.05, 3.63) is 48.3 Å². The Morgan fingerprint density at radius 2 is 1.79 bits per heavy atom. The lowest BCUT2D eigenvalue weighted by molar-refractivity contribution is 0.188. The second-order valence-corrected chi connectivity index (χ2v) is 8.81. The predicted molar refractivity (Wildman–Crippen MR) is 109 cm³/mol. The molecule has 1 aliphatic rings. The number of rotatable bonds is 4. The molecule has 0 atom stereocenters. The summed E-state index contributed by atoms with van der Waals surface area (Å²) in [6, 6.07) is 7.98. The van der Waals surface area contributed by atoms with Gasteiger partial charge in [0.05, 0.1) is 11.1 Å². The van der Waals surface area contributed by atoms with Gasteiger partial charge in [0.1, 0.15) is 5.52 Å². The van der Waals surface area contributed by atoms with Gasteiger partial charge in [-0.15, -0.1) is 0 Å². The molecule has 152 valence electrons. The SMILES string of the molecule is Cc1ccc(S(=O)(=O)n2ccc3nc(NNC(=O)N4CCCCC4)cnc32)cc1. The predicted octanol–water partition coefficient (Wildman–Crippen LogP) is 2.50. The van der Waals surface area contributed by atoms with E-state index in [4.69, 9.17) is 0 Å². The second-order valence-electron chi connectivity index (χ2n) is 7.00. The van der Waals surface area contributed by atoms with Crippen LogP contribution in [0, 0.1) is 6.92 Å². The van der Waals surface area contributed by atoms with Crippen LogP contribution in [0.5, 0.6) is 0 Å². The van der Waals surface area contributed by atoms with Crippen LogP contribution in [0.2, 0.25) is 0 Å². The van der Waals surface area contributed by atoms with Crippen LogP contribution < -0.4 is 10.9 Å². The number of carbonyl (C=O) groups is 1. The van der Waals surface area contributed by atoms with Gasteiger partial charge in [-0.3, -0.25) is 10.9 Å². The maximum atomic E-state index is 12.9. The number of carbonyl (C=O) groups excluding carboxylic acids is 1. The molecule has 1 saturated heterocycles. The summed E-state index contributed by atoms with van der Waals surface area (Å²) in [4.78, 5) is 22.7. The minimum atomic E-state index is -3.77. The first-order valence-electron chi connectivity index (χ1n) is 9.42. The van der Waals surface area contributed by atoms with Crippen LogP contribution in [0.4, 0.5) is 10.6 Å². The lowest BCUT2D eigenvalue weighted by Gasteiger charge is -2.26. The van der Waals surface area contributed by atoms with Gasteiger partial charge in [-0.1, -0.05) is 17.7 Å². The molecule has 2 aromatic heterocycles. The van der Waals surface area contributed by atoms with E-state index >= 15 is 0 Å². The van der Waals surface area contributed by atoms with E-state index in [1.165, 1.54) is 12.4 Å².